The van der Waals surface area contributed by atoms with Crippen molar-refractivity contribution in [2.75, 3.05) is 0 Å². The minimum absolute atomic E-state index is 0.0722. The SMILES string of the molecule is O=C1NC(=O)N([C@H]2C[C@H]3CC[C@H]2C3)C(=O)[C@H]1C=Nc1ccccc1. The van der Waals surface area contributed by atoms with E-state index in [1.165, 1.54) is 17.5 Å². The van der Waals surface area contributed by atoms with Crippen molar-refractivity contribution in [2.45, 2.75) is 31.7 Å². The fraction of sp³-hybridized carbons (Fsp3) is 0.444. The van der Waals surface area contributed by atoms with Gasteiger partial charge in [-0.1, -0.05) is 24.6 Å². The lowest BCUT2D eigenvalue weighted by atomic mass is 9.92. The van der Waals surface area contributed by atoms with E-state index in [0.717, 1.165) is 19.3 Å². The summed E-state index contributed by atoms with van der Waals surface area (Å²) in [7, 11) is 0. The molecule has 2 bridgehead atoms. The van der Waals surface area contributed by atoms with Crippen LogP contribution in [-0.2, 0) is 9.59 Å². The molecule has 3 aliphatic rings. The first kappa shape index (κ1) is 15.1. The van der Waals surface area contributed by atoms with Crippen LogP contribution in [0.5, 0.6) is 0 Å². The average Bonchev–Trinajstić information content (AvgIpc) is 3.18. The van der Waals surface area contributed by atoms with Gasteiger partial charge in [0.25, 0.3) is 0 Å². The number of nitrogens with zero attached hydrogens (tertiary/aromatic N) is 2. The summed E-state index contributed by atoms with van der Waals surface area (Å²) in [5, 5.41) is 2.32. The van der Waals surface area contributed by atoms with Gasteiger partial charge in [0.15, 0.2) is 5.92 Å². The molecule has 2 aliphatic carbocycles. The fourth-order valence-corrected chi connectivity index (χ4v) is 4.25. The predicted molar refractivity (Wildman–Crippen MR) is 87.7 cm³/mol. The van der Waals surface area contributed by atoms with Crippen LogP contribution in [0.1, 0.15) is 25.7 Å². The Bertz CT molecular complexity index is 715. The molecule has 4 amide bonds. The van der Waals surface area contributed by atoms with Crippen LogP contribution in [0.25, 0.3) is 0 Å². The summed E-state index contributed by atoms with van der Waals surface area (Å²) in [6.45, 7) is 0. The Morgan fingerprint density at radius 2 is 1.88 bits per heavy atom. The Hall–Kier alpha value is -2.50. The number of rotatable bonds is 3. The Balaban J connectivity index is 1.56. The van der Waals surface area contributed by atoms with Gasteiger partial charge < -0.3 is 0 Å². The monoisotopic (exact) mass is 325 g/mol. The molecule has 1 aromatic rings. The van der Waals surface area contributed by atoms with Crippen LogP contribution in [0.3, 0.4) is 0 Å². The highest BCUT2D eigenvalue weighted by molar-refractivity contribution is 6.23. The van der Waals surface area contributed by atoms with E-state index in [9.17, 15) is 14.4 Å². The van der Waals surface area contributed by atoms with Gasteiger partial charge in [0, 0.05) is 12.3 Å². The summed E-state index contributed by atoms with van der Waals surface area (Å²) < 4.78 is 0. The number of urea groups is 1. The van der Waals surface area contributed by atoms with E-state index in [2.05, 4.69) is 10.3 Å². The van der Waals surface area contributed by atoms with Crippen molar-refractivity contribution in [2.24, 2.45) is 22.7 Å². The van der Waals surface area contributed by atoms with Crippen LogP contribution in [-0.4, -0.2) is 35.0 Å². The second-order valence-electron chi connectivity index (χ2n) is 6.84. The maximum atomic E-state index is 12.8. The molecule has 124 valence electrons. The van der Waals surface area contributed by atoms with Gasteiger partial charge in [-0.2, -0.15) is 0 Å². The molecule has 1 aromatic carbocycles. The summed E-state index contributed by atoms with van der Waals surface area (Å²) in [5.41, 5.74) is 0.668. The van der Waals surface area contributed by atoms with Crippen molar-refractivity contribution in [1.82, 2.24) is 10.2 Å². The Morgan fingerprint density at radius 1 is 1.08 bits per heavy atom. The average molecular weight is 325 g/mol. The molecule has 0 aromatic heterocycles. The zero-order valence-corrected chi connectivity index (χ0v) is 13.2. The number of carbonyl (C=O) groups is 3. The number of para-hydroxylation sites is 1. The highest BCUT2D eigenvalue weighted by Gasteiger charge is 2.50. The van der Waals surface area contributed by atoms with E-state index >= 15 is 0 Å². The number of fused-ring (bicyclic) bond motifs is 2. The quantitative estimate of drug-likeness (QED) is 0.684. The Kier molecular flexibility index (Phi) is 3.67. The number of aliphatic imine (C=N–C) groups is 1. The molecule has 0 spiro atoms. The third kappa shape index (κ3) is 2.52. The lowest BCUT2D eigenvalue weighted by Crippen LogP contribution is -2.62. The van der Waals surface area contributed by atoms with Gasteiger partial charge in [-0.05, 0) is 43.2 Å². The van der Waals surface area contributed by atoms with E-state index < -0.39 is 23.8 Å². The topological polar surface area (TPSA) is 78.8 Å². The van der Waals surface area contributed by atoms with Crippen molar-refractivity contribution < 1.29 is 14.4 Å². The van der Waals surface area contributed by atoms with Crippen LogP contribution < -0.4 is 5.32 Å². The summed E-state index contributed by atoms with van der Waals surface area (Å²) in [6.07, 6.45) is 5.53. The maximum Gasteiger partial charge on any atom is 0.331 e. The molecule has 1 N–H and O–H groups in total. The normalized spacial score (nSPS) is 32.7. The number of barbiturate groups is 1. The minimum Gasteiger partial charge on any atom is -0.277 e. The summed E-state index contributed by atoms with van der Waals surface area (Å²) in [4.78, 5) is 42.6. The molecule has 6 heteroatoms. The van der Waals surface area contributed by atoms with E-state index in [1.807, 2.05) is 18.2 Å². The standard InChI is InChI=1S/C18H19N3O3/c22-16-14(10-19-13-4-2-1-3-5-13)17(23)21(18(24)20-16)15-9-11-6-7-12(15)8-11/h1-5,10-12,14-15H,6-9H2,(H,20,22,24)/t11-,12-,14-,15-/m0/s1. The Morgan fingerprint density at radius 3 is 2.54 bits per heavy atom. The summed E-state index contributed by atoms with van der Waals surface area (Å²) in [6, 6.07) is 8.47. The molecule has 1 heterocycles. The van der Waals surface area contributed by atoms with Crippen LogP contribution in [0.15, 0.2) is 35.3 Å². The largest absolute Gasteiger partial charge is 0.331 e. The molecule has 2 saturated carbocycles. The first-order chi connectivity index (χ1) is 11.6. The zero-order valence-electron chi connectivity index (χ0n) is 13.2. The lowest BCUT2D eigenvalue weighted by Gasteiger charge is -2.36. The molecular weight excluding hydrogens is 306 g/mol. The first-order valence-corrected chi connectivity index (χ1v) is 8.40. The fourth-order valence-electron chi connectivity index (χ4n) is 4.25. The van der Waals surface area contributed by atoms with Crippen LogP contribution >= 0.6 is 0 Å². The summed E-state index contributed by atoms with van der Waals surface area (Å²) >= 11 is 0. The second-order valence-corrected chi connectivity index (χ2v) is 6.84. The third-order valence-electron chi connectivity index (χ3n) is 5.40. The van der Waals surface area contributed by atoms with Gasteiger partial charge in [-0.25, -0.2) is 4.79 Å². The van der Waals surface area contributed by atoms with Gasteiger partial charge >= 0.3 is 6.03 Å². The van der Waals surface area contributed by atoms with Gasteiger partial charge in [0.05, 0.1) is 5.69 Å². The van der Waals surface area contributed by atoms with Gasteiger partial charge in [0.1, 0.15) is 0 Å². The molecule has 4 rings (SSSR count). The molecule has 0 unspecified atom stereocenters. The first-order valence-electron chi connectivity index (χ1n) is 8.40. The van der Waals surface area contributed by atoms with E-state index in [1.54, 1.807) is 12.1 Å². The van der Waals surface area contributed by atoms with E-state index in [4.69, 9.17) is 0 Å². The Labute approximate surface area is 139 Å². The third-order valence-corrected chi connectivity index (χ3v) is 5.40. The number of benzene rings is 1. The number of carbonyl (C=O) groups excluding carboxylic acids is 3. The molecular formula is C18H19N3O3. The number of imide groups is 2. The predicted octanol–water partition coefficient (Wildman–Crippen LogP) is 2.27. The molecule has 1 saturated heterocycles. The molecule has 1 aliphatic heterocycles. The van der Waals surface area contributed by atoms with Crippen molar-refractivity contribution >= 4 is 29.7 Å². The van der Waals surface area contributed by atoms with Crippen molar-refractivity contribution in [3.63, 3.8) is 0 Å². The smallest absolute Gasteiger partial charge is 0.277 e. The van der Waals surface area contributed by atoms with Gasteiger partial charge in [0.2, 0.25) is 11.8 Å². The molecule has 6 nitrogen and oxygen atoms in total. The second kappa shape index (κ2) is 5.85. The van der Waals surface area contributed by atoms with Gasteiger partial charge in [-0.3, -0.25) is 24.8 Å². The molecule has 0 radical (unpaired) electrons. The molecule has 3 fully saturated rings. The highest BCUT2D eigenvalue weighted by Crippen LogP contribution is 2.47. The number of amides is 4. The van der Waals surface area contributed by atoms with E-state index in [0.29, 0.717) is 17.5 Å². The zero-order chi connectivity index (χ0) is 16.7. The lowest BCUT2D eigenvalue weighted by molar-refractivity contribution is -0.141. The number of hydrogen-bond acceptors (Lipinski definition) is 4. The van der Waals surface area contributed by atoms with Crippen LogP contribution in [0.2, 0.25) is 0 Å². The summed E-state index contributed by atoms with van der Waals surface area (Å²) in [5.74, 6) is -1.09. The number of hydrogen-bond donors (Lipinski definition) is 1. The van der Waals surface area contributed by atoms with Crippen LogP contribution in [0.4, 0.5) is 10.5 Å². The van der Waals surface area contributed by atoms with Crippen molar-refractivity contribution in [1.29, 1.82) is 0 Å². The van der Waals surface area contributed by atoms with Crippen LogP contribution in [0, 0.1) is 17.8 Å². The van der Waals surface area contributed by atoms with E-state index in [-0.39, 0.29) is 6.04 Å². The van der Waals surface area contributed by atoms with Crippen molar-refractivity contribution in [3.05, 3.63) is 30.3 Å². The highest BCUT2D eigenvalue weighted by atomic mass is 16.2. The van der Waals surface area contributed by atoms with Crippen molar-refractivity contribution in [3.8, 4) is 0 Å². The number of nitrogens with one attached hydrogen (secondary N) is 1. The molecule has 4 atom stereocenters. The minimum atomic E-state index is -1.04. The van der Waals surface area contributed by atoms with Gasteiger partial charge in [-0.15, -0.1) is 0 Å². The maximum absolute atomic E-state index is 12.8. The molecule has 24 heavy (non-hydrogen) atoms.